The van der Waals surface area contributed by atoms with Crippen molar-refractivity contribution in [3.8, 4) is 17.1 Å². The van der Waals surface area contributed by atoms with Crippen molar-refractivity contribution in [1.29, 1.82) is 0 Å². The first-order valence-corrected chi connectivity index (χ1v) is 9.55. The number of Topliss-reactive ketones (excluding diaryl/α,β-unsaturated/α-hetero) is 1. The van der Waals surface area contributed by atoms with E-state index >= 15 is 0 Å². The van der Waals surface area contributed by atoms with Crippen LogP contribution >= 0.6 is 0 Å². The van der Waals surface area contributed by atoms with E-state index in [4.69, 9.17) is 0 Å². The summed E-state index contributed by atoms with van der Waals surface area (Å²) in [4.78, 5) is 28.7. The average molecular weight is 403 g/mol. The maximum Gasteiger partial charge on any atom is 0.275 e. The lowest BCUT2D eigenvalue weighted by Gasteiger charge is -2.31. The molecule has 0 radical (unpaired) electrons. The molecule has 0 saturated carbocycles. The zero-order valence-electron chi connectivity index (χ0n) is 15.8. The van der Waals surface area contributed by atoms with E-state index in [0.717, 1.165) is 5.70 Å². The van der Waals surface area contributed by atoms with Gasteiger partial charge in [-0.3, -0.25) is 14.9 Å². The van der Waals surface area contributed by atoms with E-state index < -0.39 is 11.0 Å². The fourth-order valence-electron chi connectivity index (χ4n) is 4.06. The highest BCUT2D eigenvalue weighted by Crippen LogP contribution is 2.43. The number of rotatable bonds is 3. The Morgan fingerprint density at radius 2 is 1.90 bits per heavy atom. The molecule has 3 aromatic rings. The molecule has 2 heterocycles. The van der Waals surface area contributed by atoms with E-state index in [9.17, 15) is 20.0 Å². The first-order chi connectivity index (χ1) is 14.5. The summed E-state index contributed by atoms with van der Waals surface area (Å²) in [6.07, 6.45) is 1.78. The molecule has 1 atom stereocenters. The second-order valence-electron chi connectivity index (χ2n) is 7.26. The van der Waals surface area contributed by atoms with Crippen molar-refractivity contribution < 1.29 is 14.8 Å². The Balaban J connectivity index is 1.72. The lowest BCUT2D eigenvalue weighted by molar-refractivity contribution is -0.385. The molecule has 9 heteroatoms. The summed E-state index contributed by atoms with van der Waals surface area (Å²) in [7, 11) is 0. The zero-order valence-corrected chi connectivity index (χ0v) is 15.8. The van der Waals surface area contributed by atoms with Crippen LogP contribution in [0.1, 0.15) is 30.9 Å². The van der Waals surface area contributed by atoms with Crippen molar-refractivity contribution in [3.05, 3.63) is 75.5 Å². The van der Waals surface area contributed by atoms with Gasteiger partial charge in [0.25, 0.3) is 5.69 Å². The molecule has 30 heavy (non-hydrogen) atoms. The number of benzene rings is 2. The SMILES string of the molecule is O=C1CCCC2=C1C(c1ccccc1[N+](=O)[O-])n1nc(-c3ccc(O)cc3)nc1N2. The number of aromatic hydroxyl groups is 1. The van der Waals surface area contributed by atoms with Crippen LogP contribution in [0, 0.1) is 10.1 Å². The minimum absolute atomic E-state index is 0.0424. The second kappa shape index (κ2) is 6.80. The number of fused-ring (bicyclic) bond motifs is 1. The molecule has 0 spiro atoms. The Morgan fingerprint density at radius 3 is 2.67 bits per heavy atom. The van der Waals surface area contributed by atoms with Crippen LogP contribution in [0.15, 0.2) is 59.8 Å². The molecule has 1 aliphatic heterocycles. The van der Waals surface area contributed by atoms with Crippen LogP contribution < -0.4 is 5.32 Å². The van der Waals surface area contributed by atoms with Gasteiger partial charge in [0.1, 0.15) is 11.8 Å². The lowest BCUT2D eigenvalue weighted by Crippen LogP contribution is -2.31. The van der Waals surface area contributed by atoms with Gasteiger partial charge in [0.2, 0.25) is 5.95 Å². The van der Waals surface area contributed by atoms with E-state index in [1.807, 2.05) is 0 Å². The lowest BCUT2D eigenvalue weighted by atomic mass is 9.85. The van der Waals surface area contributed by atoms with Crippen LogP contribution in [0.4, 0.5) is 11.6 Å². The van der Waals surface area contributed by atoms with Gasteiger partial charge in [-0.2, -0.15) is 4.98 Å². The van der Waals surface area contributed by atoms with Gasteiger partial charge >= 0.3 is 0 Å². The minimum Gasteiger partial charge on any atom is -0.508 e. The molecular weight excluding hydrogens is 386 g/mol. The highest BCUT2D eigenvalue weighted by molar-refractivity contribution is 5.99. The zero-order chi connectivity index (χ0) is 20.8. The number of nitro groups is 1. The van der Waals surface area contributed by atoms with Crippen LogP contribution in [-0.4, -0.2) is 30.6 Å². The number of hydrogen-bond acceptors (Lipinski definition) is 7. The number of ketones is 1. The number of phenols is 1. The molecular formula is C21H17N5O4. The number of para-hydroxylation sites is 1. The maximum atomic E-state index is 12.9. The largest absolute Gasteiger partial charge is 0.508 e. The molecule has 0 fully saturated rings. The molecule has 0 saturated heterocycles. The van der Waals surface area contributed by atoms with Gasteiger partial charge in [0.15, 0.2) is 11.6 Å². The van der Waals surface area contributed by atoms with Crippen LogP contribution in [0.25, 0.3) is 11.4 Å². The molecule has 2 aliphatic rings. The Bertz CT molecular complexity index is 1210. The topological polar surface area (TPSA) is 123 Å². The van der Waals surface area contributed by atoms with Crippen molar-refractivity contribution in [2.45, 2.75) is 25.3 Å². The highest BCUT2D eigenvalue weighted by Gasteiger charge is 2.39. The molecule has 1 aliphatic carbocycles. The molecule has 5 rings (SSSR count). The molecule has 1 aromatic heterocycles. The smallest absolute Gasteiger partial charge is 0.275 e. The highest BCUT2D eigenvalue weighted by atomic mass is 16.6. The van der Waals surface area contributed by atoms with Gasteiger partial charge in [-0.25, -0.2) is 4.68 Å². The van der Waals surface area contributed by atoms with Gasteiger partial charge in [0.05, 0.1) is 10.5 Å². The molecule has 1 unspecified atom stereocenters. The molecule has 0 amide bonds. The van der Waals surface area contributed by atoms with Gasteiger partial charge in [-0.05, 0) is 43.2 Å². The third kappa shape index (κ3) is 2.83. The van der Waals surface area contributed by atoms with Gasteiger partial charge in [-0.15, -0.1) is 5.10 Å². The number of anilines is 1. The summed E-state index contributed by atoms with van der Waals surface area (Å²) in [5.41, 5.74) is 2.26. The number of aromatic nitrogens is 3. The summed E-state index contributed by atoms with van der Waals surface area (Å²) in [5.74, 6) is 0.906. The number of nitro benzene ring substituents is 1. The number of phenolic OH excluding ortho intramolecular Hbond substituents is 1. The van der Waals surface area contributed by atoms with E-state index in [1.54, 1.807) is 35.0 Å². The van der Waals surface area contributed by atoms with E-state index in [2.05, 4.69) is 15.4 Å². The number of carbonyl (C=O) groups is 1. The summed E-state index contributed by atoms with van der Waals surface area (Å²) in [6, 6.07) is 12.1. The first-order valence-electron chi connectivity index (χ1n) is 9.55. The van der Waals surface area contributed by atoms with Gasteiger partial charge in [-0.1, -0.05) is 12.1 Å². The Labute approximate surface area is 170 Å². The number of nitrogens with zero attached hydrogens (tertiary/aromatic N) is 4. The molecule has 0 bridgehead atoms. The van der Waals surface area contributed by atoms with Crippen LogP contribution in [0.3, 0.4) is 0 Å². The number of allylic oxidation sites excluding steroid dienone is 2. The van der Waals surface area contributed by atoms with E-state index in [0.29, 0.717) is 47.7 Å². The normalized spacial score (nSPS) is 17.9. The Kier molecular flexibility index (Phi) is 4.09. The fraction of sp³-hybridized carbons (Fsp3) is 0.190. The quantitative estimate of drug-likeness (QED) is 0.506. The predicted octanol–water partition coefficient (Wildman–Crippen LogP) is 3.58. The monoisotopic (exact) mass is 403 g/mol. The van der Waals surface area contributed by atoms with Gasteiger partial charge in [0, 0.05) is 29.3 Å². The minimum atomic E-state index is -0.732. The summed E-state index contributed by atoms with van der Waals surface area (Å²) < 4.78 is 1.55. The third-order valence-corrected chi connectivity index (χ3v) is 5.42. The number of hydrogen-bond donors (Lipinski definition) is 2. The molecule has 2 aromatic carbocycles. The van der Waals surface area contributed by atoms with Crippen LogP contribution in [0.2, 0.25) is 0 Å². The van der Waals surface area contributed by atoms with E-state index in [-0.39, 0.29) is 17.2 Å². The van der Waals surface area contributed by atoms with Crippen molar-refractivity contribution >= 4 is 17.4 Å². The Hall–Kier alpha value is -4.01. The summed E-state index contributed by atoms with van der Waals surface area (Å²) in [5, 5.41) is 29.0. The van der Waals surface area contributed by atoms with E-state index in [1.165, 1.54) is 18.2 Å². The summed E-state index contributed by atoms with van der Waals surface area (Å²) in [6.45, 7) is 0. The number of nitrogens with one attached hydrogen (secondary N) is 1. The van der Waals surface area contributed by atoms with Gasteiger partial charge < -0.3 is 10.4 Å². The van der Waals surface area contributed by atoms with Crippen LogP contribution in [-0.2, 0) is 4.79 Å². The van der Waals surface area contributed by atoms with Crippen molar-refractivity contribution in [3.63, 3.8) is 0 Å². The summed E-state index contributed by atoms with van der Waals surface area (Å²) >= 11 is 0. The third-order valence-electron chi connectivity index (χ3n) is 5.42. The van der Waals surface area contributed by atoms with Crippen LogP contribution in [0.5, 0.6) is 5.75 Å². The first kappa shape index (κ1) is 18.0. The fourth-order valence-corrected chi connectivity index (χ4v) is 4.06. The average Bonchev–Trinajstić information content (AvgIpc) is 3.16. The number of carbonyl (C=O) groups excluding carboxylic acids is 1. The Morgan fingerprint density at radius 1 is 1.13 bits per heavy atom. The molecule has 9 nitrogen and oxygen atoms in total. The van der Waals surface area contributed by atoms with Crippen molar-refractivity contribution in [2.24, 2.45) is 0 Å². The van der Waals surface area contributed by atoms with Crippen molar-refractivity contribution in [2.75, 3.05) is 5.32 Å². The maximum absolute atomic E-state index is 12.9. The molecule has 2 N–H and O–H groups in total. The second-order valence-corrected chi connectivity index (χ2v) is 7.26. The van der Waals surface area contributed by atoms with Crippen molar-refractivity contribution in [1.82, 2.24) is 14.8 Å². The standard InChI is InChI=1S/C21H17N5O4/c27-13-10-8-12(9-11-13)20-23-21-22-15-5-3-7-17(28)18(15)19(25(21)24-20)14-4-1-2-6-16(14)26(29)30/h1-2,4,6,8-11,19,27H,3,5,7H2,(H,22,23,24). The predicted molar refractivity (Wildman–Crippen MR) is 108 cm³/mol. The molecule has 150 valence electrons.